The van der Waals surface area contributed by atoms with Gasteiger partial charge in [0.25, 0.3) is 0 Å². The quantitative estimate of drug-likeness (QED) is 0.0851. The summed E-state index contributed by atoms with van der Waals surface area (Å²) in [4.78, 5) is 9.59. The van der Waals surface area contributed by atoms with E-state index in [0.717, 1.165) is 18.7 Å². The van der Waals surface area contributed by atoms with Gasteiger partial charge in [-0.1, -0.05) is 181 Å². The van der Waals surface area contributed by atoms with Crippen molar-refractivity contribution in [1.29, 1.82) is 0 Å². The van der Waals surface area contributed by atoms with Crippen molar-refractivity contribution in [1.82, 2.24) is 9.97 Å². The number of nitrogens with zero attached hydrogens (tertiary/aromatic N) is 2. The molecule has 0 unspecified atom stereocenters. The van der Waals surface area contributed by atoms with Gasteiger partial charge in [-0.05, 0) is 38.7 Å². The second kappa shape index (κ2) is 29.6. The summed E-state index contributed by atoms with van der Waals surface area (Å²) < 4.78 is 0. The SMILES string of the molecule is [CH2]Cc1nc(CCCCCCCCCCCCCCCC)cc(CCCCCCCCCCCCCCCC)n1. The Morgan fingerprint density at radius 3 is 0.900 bits per heavy atom. The highest BCUT2D eigenvalue weighted by molar-refractivity contribution is 5.12. The summed E-state index contributed by atoms with van der Waals surface area (Å²) in [6, 6.07) is 2.30. The first kappa shape index (κ1) is 37.1. The molecule has 1 rings (SSSR count). The van der Waals surface area contributed by atoms with Crippen molar-refractivity contribution in [2.45, 2.75) is 213 Å². The van der Waals surface area contributed by atoms with E-state index in [4.69, 9.17) is 9.97 Å². The minimum absolute atomic E-state index is 0.707. The average Bonchev–Trinajstić information content (AvgIpc) is 2.97. The summed E-state index contributed by atoms with van der Waals surface area (Å²) in [7, 11) is 0. The van der Waals surface area contributed by atoms with E-state index < -0.39 is 0 Å². The molecule has 0 aliphatic rings. The van der Waals surface area contributed by atoms with E-state index in [2.05, 4.69) is 26.8 Å². The molecule has 0 saturated heterocycles. The molecule has 0 N–H and O–H groups in total. The lowest BCUT2D eigenvalue weighted by Crippen LogP contribution is -2.03. The van der Waals surface area contributed by atoms with E-state index in [1.54, 1.807) is 0 Å². The number of rotatable bonds is 31. The van der Waals surface area contributed by atoms with Gasteiger partial charge in [-0.3, -0.25) is 0 Å². The van der Waals surface area contributed by atoms with E-state index in [1.165, 1.54) is 191 Å². The van der Waals surface area contributed by atoms with Crippen LogP contribution in [-0.4, -0.2) is 9.97 Å². The van der Waals surface area contributed by atoms with E-state index in [0.29, 0.717) is 6.42 Å². The molecule has 0 spiro atoms. The second-order valence-corrected chi connectivity index (χ2v) is 12.7. The first-order valence-electron chi connectivity index (χ1n) is 18.4. The van der Waals surface area contributed by atoms with Crippen LogP contribution in [0.1, 0.15) is 211 Å². The van der Waals surface area contributed by atoms with E-state index in [9.17, 15) is 0 Å². The van der Waals surface area contributed by atoms with Crippen molar-refractivity contribution in [2.75, 3.05) is 0 Å². The fourth-order valence-corrected chi connectivity index (χ4v) is 5.98. The van der Waals surface area contributed by atoms with Gasteiger partial charge < -0.3 is 0 Å². The van der Waals surface area contributed by atoms with Crippen molar-refractivity contribution in [3.8, 4) is 0 Å². The number of unbranched alkanes of at least 4 members (excludes halogenated alkanes) is 26. The summed E-state index contributed by atoms with van der Waals surface area (Å²) in [6.07, 6.45) is 42.5. The first-order chi connectivity index (χ1) is 19.8. The average molecular weight is 556 g/mol. The van der Waals surface area contributed by atoms with Crippen LogP contribution < -0.4 is 0 Å². The molecule has 0 bridgehead atoms. The lowest BCUT2D eigenvalue weighted by Gasteiger charge is -2.08. The monoisotopic (exact) mass is 556 g/mol. The molecule has 1 heterocycles. The molecule has 0 saturated carbocycles. The summed E-state index contributed by atoms with van der Waals surface area (Å²) in [5.74, 6) is 0.947. The Morgan fingerprint density at radius 2 is 0.650 bits per heavy atom. The van der Waals surface area contributed by atoms with Gasteiger partial charge in [0, 0.05) is 17.8 Å². The van der Waals surface area contributed by atoms with Crippen LogP contribution in [0.3, 0.4) is 0 Å². The Bertz CT molecular complexity index is 590. The predicted molar refractivity (Wildman–Crippen MR) is 179 cm³/mol. The zero-order valence-corrected chi connectivity index (χ0v) is 27.6. The third-order valence-electron chi connectivity index (χ3n) is 8.68. The summed E-state index contributed by atoms with van der Waals surface area (Å²) in [5, 5.41) is 0. The lowest BCUT2D eigenvalue weighted by molar-refractivity contribution is 0.534. The van der Waals surface area contributed by atoms with Gasteiger partial charge in [-0.2, -0.15) is 0 Å². The molecular formula is C38H71N2. The van der Waals surface area contributed by atoms with Crippen molar-refractivity contribution in [3.63, 3.8) is 0 Å². The fraction of sp³-hybridized carbons (Fsp3) is 0.868. The molecule has 0 fully saturated rings. The van der Waals surface area contributed by atoms with Gasteiger partial charge >= 0.3 is 0 Å². The van der Waals surface area contributed by atoms with Gasteiger partial charge in [0.1, 0.15) is 5.82 Å². The Morgan fingerprint density at radius 1 is 0.400 bits per heavy atom. The van der Waals surface area contributed by atoms with Crippen molar-refractivity contribution >= 4 is 0 Å². The van der Waals surface area contributed by atoms with Gasteiger partial charge in [-0.25, -0.2) is 9.97 Å². The van der Waals surface area contributed by atoms with Crippen molar-refractivity contribution < 1.29 is 0 Å². The summed E-state index contributed by atoms with van der Waals surface area (Å²) in [6.45, 7) is 8.66. The highest BCUT2D eigenvalue weighted by Crippen LogP contribution is 2.16. The smallest absolute Gasteiger partial charge is 0.128 e. The van der Waals surface area contributed by atoms with Crippen LogP contribution in [0, 0.1) is 6.92 Å². The molecule has 0 aromatic carbocycles. The molecule has 1 radical (unpaired) electrons. The summed E-state index contributed by atoms with van der Waals surface area (Å²) in [5.41, 5.74) is 2.51. The number of aromatic nitrogens is 2. The summed E-state index contributed by atoms with van der Waals surface area (Å²) >= 11 is 0. The highest BCUT2D eigenvalue weighted by Gasteiger charge is 2.05. The van der Waals surface area contributed by atoms with E-state index in [1.807, 2.05) is 0 Å². The second-order valence-electron chi connectivity index (χ2n) is 12.7. The normalized spacial score (nSPS) is 11.5. The standard InChI is InChI=1S/C38H71N2/c1-4-7-9-11-13-15-17-19-21-23-25-27-29-31-33-36-35-37(40-38(6-3)39-36)34-32-30-28-26-24-22-20-18-16-14-12-10-8-5-2/h35H,3-34H2,1-2H3. The zero-order chi connectivity index (χ0) is 28.8. The Balaban J connectivity index is 2.01. The zero-order valence-electron chi connectivity index (χ0n) is 27.6. The minimum Gasteiger partial charge on any atom is -0.238 e. The van der Waals surface area contributed by atoms with Crippen LogP contribution in [0.4, 0.5) is 0 Å². The molecular weight excluding hydrogens is 484 g/mol. The van der Waals surface area contributed by atoms with Crippen LogP contribution in [-0.2, 0) is 19.3 Å². The Kier molecular flexibility index (Phi) is 27.4. The maximum absolute atomic E-state index is 4.80. The molecule has 1 aromatic rings. The highest BCUT2D eigenvalue weighted by atomic mass is 14.9. The molecule has 0 amide bonds. The fourth-order valence-electron chi connectivity index (χ4n) is 5.98. The number of aryl methyl sites for hydroxylation is 2. The molecule has 1 aromatic heterocycles. The van der Waals surface area contributed by atoms with Crippen LogP contribution in [0.15, 0.2) is 6.07 Å². The molecule has 40 heavy (non-hydrogen) atoms. The number of hydrogen-bond acceptors (Lipinski definition) is 2. The largest absolute Gasteiger partial charge is 0.238 e. The van der Waals surface area contributed by atoms with Crippen molar-refractivity contribution in [3.05, 3.63) is 30.2 Å². The lowest BCUT2D eigenvalue weighted by atomic mass is 10.0. The third kappa shape index (κ3) is 23.8. The van der Waals surface area contributed by atoms with Crippen LogP contribution in [0.25, 0.3) is 0 Å². The molecule has 0 aliphatic carbocycles. The molecule has 233 valence electrons. The molecule has 2 heteroatoms. The maximum Gasteiger partial charge on any atom is 0.128 e. The predicted octanol–water partition coefficient (Wildman–Crippen LogP) is 12.9. The first-order valence-corrected chi connectivity index (χ1v) is 18.4. The van der Waals surface area contributed by atoms with E-state index >= 15 is 0 Å². The Hall–Kier alpha value is -0.920. The van der Waals surface area contributed by atoms with Gasteiger partial charge in [0.15, 0.2) is 0 Å². The Labute approximate surface area is 252 Å². The van der Waals surface area contributed by atoms with Crippen LogP contribution in [0.5, 0.6) is 0 Å². The molecule has 0 atom stereocenters. The minimum atomic E-state index is 0.707. The van der Waals surface area contributed by atoms with Crippen LogP contribution >= 0.6 is 0 Å². The third-order valence-corrected chi connectivity index (χ3v) is 8.68. The number of hydrogen-bond donors (Lipinski definition) is 0. The van der Waals surface area contributed by atoms with Gasteiger partial charge in [0.05, 0.1) is 0 Å². The van der Waals surface area contributed by atoms with Gasteiger partial charge in [0.2, 0.25) is 0 Å². The van der Waals surface area contributed by atoms with Crippen LogP contribution in [0.2, 0.25) is 0 Å². The topological polar surface area (TPSA) is 25.8 Å². The van der Waals surface area contributed by atoms with Crippen molar-refractivity contribution in [2.24, 2.45) is 0 Å². The molecule has 0 aliphatic heterocycles. The maximum atomic E-state index is 4.80. The van der Waals surface area contributed by atoms with E-state index in [-0.39, 0.29) is 0 Å². The molecule has 2 nitrogen and oxygen atoms in total. The van der Waals surface area contributed by atoms with Gasteiger partial charge in [-0.15, -0.1) is 0 Å².